The van der Waals surface area contributed by atoms with Gasteiger partial charge in [0.05, 0.1) is 33.1 Å². The topological polar surface area (TPSA) is 19.7 Å². The number of hydrogen-bond acceptors (Lipinski definition) is 0. The van der Waals surface area contributed by atoms with Gasteiger partial charge < -0.3 is 18.3 Å². The van der Waals surface area contributed by atoms with E-state index in [1.165, 1.54) is 71.0 Å². The molecular formula is C52H34N4. The first-order chi connectivity index (χ1) is 27.8. The standard InChI is InChI=1S/C52H34N4/c1-4-14-35(15-5-1)38-32-41(55-47-22-12-10-20-43(47)45-26-24-36-28-30-53(49(36)51(45)55)39-16-6-2-7-17-39)34-42(33-38)56-48-23-13-11-21-44(48)46-27-25-37-29-31-54(50(37)52(46)56)40-18-8-3-9-19-40/h1-34H. The van der Waals surface area contributed by atoms with Gasteiger partial charge in [0.25, 0.3) is 0 Å². The lowest BCUT2D eigenvalue weighted by atomic mass is 10.0. The van der Waals surface area contributed by atoms with Crippen LogP contribution in [0.4, 0.5) is 0 Å². The molecule has 0 aliphatic rings. The molecule has 0 N–H and O–H groups in total. The molecule has 0 amide bonds. The lowest BCUT2D eigenvalue weighted by Gasteiger charge is -2.17. The maximum absolute atomic E-state index is 2.50. The summed E-state index contributed by atoms with van der Waals surface area (Å²) in [6.07, 6.45) is 4.41. The minimum absolute atomic E-state index is 1.11. The molecule has 4 heterocycles. The minimum atomic E-state index is 1.11. The average Bonchev–Trinajstić information content (AvgIpc) is 4.05. The highest BCUT2D eigenvalue weighted by molar-refractivity contribution is 6.19. The fourth-order valence-corrected chi connectivity index (χ4v) is 9.14. The van der Waals surface area contributed by atoms with Gasteiger partial charge in [0, 0.05) is 67.5 Å². The first-order valence-corrected chi connectivity index (χ1v) is 19.2. The van der Waals surface area contributed by atoms with Gasteiger partial charge in [0.2, 0.25) is 0 Å². The van der Waals surface area contributed by atoms with Gasteiger partial charge in [-0.25, -0.2) is 0 Å². The van der Waals surface area contributed by atoms with Gasteiger partial charge in [-0.3, -0.25) is 0 Å². The second-order valence-electron chi connectivity index (χ2n) is 14.7. The number of para-hydroxylation sites is 4. The fourth-order valence-electron chi connectivity index (χ4n) is 9.14. The van der Waals surface area contributed by atoms with Crippen molar-refractivity contribution < 1.29 is 0 Å². The van der Waals surface area contributed by atoms with E-state index >= 15 is 0 Å². The average molecular weight is 715 g/mol. The number of benzene rings is 8. The molecule has 0 saturated carbocycles. The van der Waals surface area contributed by atoms with Gasteiger partial charge >= 0.3 is 0 Å². The molecule has 0 unspecified atom stereocenters. The second kappa shape index (κ2) is 12.0. The molecule has 0 aliphatic carbocycles. The Balaban J connectivity index is 1.24. The third kappa shape index (κ3) is 4.47. The second-order valence-corrected chi connectivity index (χ2v) is 14.7. The molecule has 12 rings (SSSR count). The smallest absolute Gasteiger partial charge is 0.0788 e. The van der Waals surface area contributed by atoms with Crippen LogP contribution < -0.4 is 0 Å². The van der Waals surface area contributed by atoms with Crippen LogP contribution in [0.15, 0.2) is 207 Å². The normalized spacial score (nSPS) is 11.9. The highest BCUT2D eigenvalue weighted by atomic mass is 15.1. The fraction of sp³-hybridized carbons (Fsp3) is 0. The number of nitrogens with zero attached hydrogens (tertiary/aromatic N) is 4. The van der Waals surface area contributed by atoms with E-state index in [1.807, 2.05) is 0 Å². The van der Waals surface area contributed by atoms with Crippen LogP contribution in [-0.2, 0) is 0 Å². The molecule has 8 aromatic carbocycles. The van der Waals surface area contributed by atoms with Crippen molar-refractivity contribution in [2.45, 2.75) is 0 Å². The summed E-state index contributed by atoms with van der Waals surface area (Å²) in [6.45, 7) is 0. The largest absolute Gasteiger partial charge is 0.315 e. The van der Waals surface area contributed by atoms with Crippen LogP contribution in [-0.4, -0.2) is 18.3 Å². The summed E-state index contributed by atoms with van der Waals surface area (Å²) in [7, 11) is 0. The van der Waals surface area contributed by atoms with E-state index in [0.29, 0.717) is 0 Å². The molecule has 0 aliphatic heterocycles. The van der Waals surface area contributed by atoms with E-state index in [0.717, 1.165) is 28.3 Å². The van der Waals surface area contributed by atoms with E-state index in [9.17, 15) is 0 Å². The zero-order valence-corrected chi connectivity index (χ0v) is 30.4. The number of rotatable bonds is 5. The monoisotopic (exact) mass is 714 g/mol. The molecule has 262 valence electrons. The summed E-state index contributed by atoms with van der Waals surface area (Å²) in [5.74, 6) is 0. The van der Waals surface area contributed by atoms with Crippen LogP contribution in [0.25, 0.3) is 99.3 Å². The molecule has 12 aromatic rings. The highest BCUT2D eigenvalue weighted by Crippen LogP contribution is 2.42. The van der Waals surface area contributed by atoms with Gasteiger partial charge in [-0.05, 0) is 77.9 Å². The first-order valence-electron chi connectivity index (χ1n) is 19.2. The van der Waals surface area contributed by atoms with E-state index < -0.39 is 0 Å². The zero-order valence-electron chi connectivity index (χ0n) is 30.4. The maximum Gasteiger partial charge on any atom is 0.0788 e. The third-order valence-corrected chi connectivity index (χ3v) is 11.6. The number of aromatic nitrogens is 4. The molecule has 56 heavy (non-hydrogen) atoms. The van der Waals surface area contributed by atoms with Gasteiger partial charge in [0.15, 0.2) is 0 Å². The lowest BCUT2D eigenvalue weighted by molar-refractivity contribution is 1.10. The Kier molecular flexibility index (Phi) is 6.60. The Labute approximate surface area is 322 Å². The van der Waals surface area contributed by atoms with Crippen LogP contribution in [0.5, 0.6) is 0 Å². The SMILES string of the molecule is c1ccc(-c2cc(-n3c4ccccc4c4ccc5ccn(-c6ccccc6)c5c43)cc(-n3c4ccccc4c4ccc5ccn(-c6ccccc6)c5c43)c2)cc1. The lowest BCUT2D eigenvalue weighted by Crippen LogP contribution is -2.02. The molecule has 0 radical (unpaired) electrons. The van der Waals surface area contributed by atoms with Crippen molar-refractivity contribution in [3.63, 3.8) is 0 Å². The van der Waals surface area contributed by atoms with E-state index in [1.54, 1.807) is 0 Å². The predicted octanol–water partition coefficient (Wildman–Crippen LogP) is 13.4. The van der Waals surface area contributed by atoms with Crippen molar-refractivity contribution in [1.82, 2.24) is 18.3 Å². The molecule has 4 nitrogen and oxygen atoms in total. The zero-order chi connectivity index (χ0) is 36.7. The summed E-state index contributed by atoms with van der Waals surface area (Å²) in [5.41, 5.74) is 13.9. The summed E-state index contributed by atoms with van der Waals surface area (Å²) < 4.78 is 9.68. The summed E-state index contributed by atoms with van der Waals surface area (Å²) >= 11 is 0. The Hall–Kier alpha value is -7.56. The van der Waals surface area contributed by atoms with Crippen LogP contribution in [0.3, 0.4) is 0 Å². The Morgan fingerprint density at radius 1 is 0.268 bits per heavy atom. The molecule has 0 fully saturated rings. The van der Waals surface area contributed by atoms with Crippen molar-refractivity contribution in [3.8, 4) is 33.9 Å². The highest BCUT2D eigenvalue weighted by Gasteiger charge is 2.22. The van der Waals surface area contributed by atoms with Gasteiger partial charge in [-0.15, -0.1) is 0 Å². The molecular weight excluding hydrogens is 681 g/mol. The Morgan fingerprint density at radius 2 is 0.696 bits per heavy atom. The van der Waals surface area contributed by atoms with Crippen molar-refractivity contribution in [1.29, 1.82) is 0 Å². The molecule has 4 aromatic heterocycles. The molecule has 0 atom stereocenters. The quantitative estimate of drug-likeness (QED) is 0.169. The first kappa shape index (κ1) is 30.9. The van der Waals surface area contributed by atoms with Gasteiger partial charge in [-0.1, -0.05) is 127 Å². The van der Waals surface area contributed by atoms with Gasteiger partial charge in [-0.2, -0.15) is 0 Å². The summed E-state index contributed by atoms with van der Waals surface area (Å²) in [4.78, 5) is 0. The van der Waals surface area contributed by atoms with E-state index in [-0.39, 0.29) is 0 Å². The third-order valence-electron chi connectivity index (χ3n) is 11.6. The van der Waals surface area contributed by atoms with Crippen LogP contribution in [0.2, 0.25) is 0 Å². The van der Waals surface area contributed by atoms with Crippen LogP contribution >= 0.6 is 0 Å². The summed E-state index contributed by atoms with van der Waals surface area (Å²) in [5, 5.41) is 7.34. The maximum atomic E-state index is 2.50. The minimum Gasteiger partial charge on any atom is -0.315 e. The Morgan fingerprint density at radius 3 is 1.18 bits per heavy atom. The van der Waals surface area contributed by atoms with E-state index in [4.69, 9.17) is 0 Å². The van der Waals surface area contributed by atoms with Crippen molar-refractivity contribution in [2.24, 2.45) is 0 Å². The van der Waals surface area contributed by atoms with E-state index in [2.05, 4.69) is 225 Å². The number of hydrogen-bond donors (Lipinski definition) is 0. The van der Waals surface area contributed by atoms with Crippen molar-refractivity contribution in [2.75, 3.05) is 0 Å². The van der Waals surface area contributed by atoms with Crippen LogP contribution in [0.1, 0.15) is 0 Å². The molecule has 4 heteroatoms. The molecule has 0 saturated heterocycles. The van der Waals surface area contributed by atoms with Crippen molar-refractivity contribution >= 4 is 65.4 Å². The van der Waals surface area contributed by atoms with Crippen molar-refractivity contribution in [3.05, 3.63) is 207 Å². The predicted molar refractivity (Wildman–Crippen MR) is 234 cm³/mol. The Bertz CT molecular complexity index is 3240. The summed E-state index contributed by atoms with van der Waals surface area (Å²) in [6, 6.07) is 70.6. The molecule has 0 spiro atoms. The van der Waals surface area contributed by atoms with Crippen LogP contribution in [0, 0.1) is 0 Å². The van der Waals surface area contributed by atoms with Gasteiger partial charge in [0.1, 0.15) is 0 Å². The number of fused-ring (bicyclic) bond motifs is 10. The molecule has 0 bridgehead atoms.